The number of hydrogen-bond acceptors (Lipinski definition) is 3. The second-order valence-electron chi connectivity index (χ2n) is 4.77. The van der Waals surface area contributed by atoms with Gasteiger partial charge in [-0.25, -0.2) is 0 Å². The summed E-state index contributed by atoms with van der Waals surface area (Å²) < 4.78 is 0. The van der Waals surface area contributed by atoms with Gasteiger partial charge in [0.2, 0.25) is 0 Å². The molecule has 1 aliphatic heterocycles. The van der Waals surface area contributed by atoms with E-state index < -0.39 is 0 Å². The molecule has 1 amide bonds. The number of thioether (sulfide) groups is 1. The average molecular weight is 265 g/mol. The number of likely N-dealkylation sites (tertiary alicyclic amines) is 1. The van der Waals surface area contributed by atoms with Gasteiger partial charge in [0.25, 0.3) is 5.91 Å². The molecule has 1 unspecified atom stereocenters. The van der Waals surface area contributed by atoms with Crippen molar-refractivity contribution in [2.75, 3.05) is 26.0 Å². The summed E-state index contributed by atoms with van der Waals surface area (Å²) >= 11 is 1.65. The van der Waals surface area contributed by atoms with Gasteiger partial charge in [0, 0.05) is 36.1 Å². The number of nitrogens with zero attached hydrogens (tertiary/aromatic N) is 1. The lowest BCUT2D eigenvalue weighted by Gasteiger charge is -2.18. The third-order valence-electron chi connectivity index (χ3n) is 3.51. The Balaban J connectivity index is 2.18. The lowest BCUT2D eigenvalue weighted by atomic mass is 10.1. The SMILES string of the molecule is CSc1ccc(C)c(C(=O)N2CCC(CO)C2)c1. The Kier molecular flexibility index (Phi) is 4.30. The van der Waals surface area contributed by atoms with E-state index in [1.54, 1.807) is 11.8 Å². The number of carbonyl (C=O) groups excluding carboxylic acids is 1. The van der Waals surface area contributed by atoms with E-state index in [-0.39, 0.29) is 18.4 Å². The first kappa shape index (κ1) is 13.4. The minimum absolute atomic E-state index is 0.0966. The summed E-state index contributed by atoms with van der Waals surface area (Å²) in [7, 11) is 0. The lowest BCUT2D eigenvalue weighted by Crippen LogP contribution is -2.29. The highest BCUT2D eigenvalue weighted by atomic mass is 32.2. The van der Waals surface area contributed by atoms with Gasteiger partial charge in [-0.2, -0.15) is 0 Å². The van der Waals surface area contributed by atoms with E-state index in [4.69, 9.17) is 5.11 Å². The Morgan fingerprint density at radius 1 is 1.56 bits per heavy atom. The Labute approximate surface area is 112 Å². The third kappa shape index (κ3) is 2.70. The van der Waals surface area contributed by atoms with Crippen LogP contribution >= 0.6 is 11.8 Å². The summed E-state index contributed by atoms with van der Waals surface area (Å²) in [6, 6.07) is 6.00. The molecule has 1 aromatic rings. The zero-order valence-electron chi connectivity index (χ0n) is 10.8. The van der Waals surface area contributed by atoms with Crippen LogP contribution in [0.2, 0.25) is 0 Å². The fourth-order valence-electron chi connectivity index (χ4n) is 2.29. The molecule has 0 saturated carbocycles. The van der Waals surface area contributed by atoms with E-state index in [0.29, 0.717) is 6.54 Å². The first-order chi connectivity index (χ1) is 8.65. The molecule has 1 N–H and O–H groups in total. The van der Waals surface area contributed by atoms with E-state index >= 15 is 0 Å². The molecule has 0 spiro atoms. The summed E-state index contributed by atoms with van der Waals surface area (Å²) in [6.07, 6.45) is 2.92. The normalized spacial score (nSPS) is 19.3. The predicted octanol–water partition coefficient (Wildman–Crippen LogP) is 2.17. The summed E-state index contributed by atoms with van der Waals surface area (Å²) in [6.45, 7) is 3.58. The summed E-state index contributed by atoms with van der Waals surface area (Å²) in [5.41, 5.74) is 1.81. The van der Waals surface area contributed by atoms with Crippen LogP contribution in [0.15, 0.2) is 23.1 Å². The van der Waals surface area contributed by atoms with Crippen molar-refractivity contribution in [2.45, 2.75) is 18.2 Å². The number of amides is 1. The van der Waals surface area contributed by atoms with E-state index in [1.165, 1.54) is 0 Å². The Morgan fingerprint density at radius 2 is 2.33 bits per heavy atom. The van der Waals surface area contributed by atoms with Crippen molar-refractivity contribution in [3.63, 3.8) is 0 Å². The second kappa shape index (κ2) is 5.76. The van der Waals surface area contributed by atoms with E-state index in [1.807, 2.05) is 36.3 Å². The van der Waals surface area contributed by atoms with Crippen molar-refractivity contribution < 1.29 is 9.90 Å². The molecule has 1 atom stereocenters. The van der Waals surface area contributed by atoms with Gasteiger partial charge in [-0.05, 0) is 37.3 Å². The summed E-state index contributed by atoms with van der Waals surface area (Å²) in [4.78, 5) is 15.4. The molecule has 0 aliphatic carbocycles. The molecule has 0 bridgehead atoms. The van der Waals surface area contributed by atoms with Crippen LogP contribution < -0.4 is 0 Å². The molecular formula is C14H19NO2S. The molecule has 1 aliphatic rings. The van der Waals surface area contributed by atoms with Crippen molar-refractivity contribution in [3.05, 3.63) is 29.3 Å². The number of carbonyl (C=O) groups is 1. The molecule has 4 heteroatoms. The van der Waals surface area contributed by atoms with Crippen LogP contribution in [0.1, 0.15) is 22.3 Å². The molecule has 1 fully saturated rings. The van der Waals surface area contributed by atoms with Gasteiger partial charge in [-0.1, -0.05) is 6.07 Å². The average Bonchev–Trinajstić information content (AvgIpc) is 2.87. The Bertz CT molecular complexity index is 447. The van der Waals surface area contributed by atoms with Crippen LogP contribution in [-0.4, -0.2) is 41.9 Å². The predicted molar refractivity (Wildman–Crippen MR) is 74.1 cm³/mol. The molecule has 18 heavy (non-hydrogen) atoms. The topological polar surface area (TPSA) is 40.5 Å². The zero-order valence-corrected chi connectivity index (χ0v) is 11.7. The number of aryl methyl sites for hydroxylation is 1. The Hall–Kier alpha value is -1.00. The number of rotatable bonds is 3. The highest BCUT2D eigenvalue weighted by molar-refractivity contribution is 7.98. The van der Waals surface area contributed by atoms with Crippen molar-refractivity contribution in [1.82, 2.24) is 4.90 Å². The standard InChI is InChI=1S/C14H19NO2S/c1-10-3-4-12(18-2)7-13(10)14(17)15-6-5-11(8-15)9-16/h3-4,7,11,16H,5-6,8-9H2,1-2H3. The van der Waals surface area contributed by atoms with E-state index in [2.05, 4.69) is 0 Å². The number of aliphatic hydroxyl groups is 1. The first-order valence-corrected chi connectivity index (χ1v) is 7.43. The van der Waals surface area contributed by atoms with Gasteiger partial charge < -0.3 is 10.0 Å². The molecule has 3 nitrogen and oxygen atoms in total. The minimum atomic E-state index is 0.0966. The fraction of sp³-hybridized carbons (Fsp3) is 0.500. The molecule has 2 rings (SSSR count). The van der Waals surface area contributed by atoms with Gasteiger partial charge in [-0.15, -0.1) is 11.8 Å². The van der Waals surface area contributed by atoms with Gasteiger partial charge in [0.15, 0.2) is 0 Å². The maximum absolute atomic E-state index is 12.4. The molecule has 1 saturated heterocycles. The highest BCUT2D eigenvalue weighted by Gasteiger charge is 2.27. The summed E-state index contributed by atoms with van der Waals surface area (Å²) in [5.74, 6) is 0.345. The van der Waals surface area contributed by atoms with Crippen molar-refractivity contribution >= 4 is 17.7 Å². The van der Waals surface area contributed by atoms with Crippen LogP contribution in [0.5, 0.6) is 0 Å². The van der Waals surface area contributed by atoms with Gasteiger partial charge in [0.05, 0.1) is 0 Å². The smallest absolute Gasteiger partial charge is 0.254 e. The van der Waals surface area contributed by atoms with Crippen molar-refractivity contribution in [3.8, 4) is 0 Å². The van der Waals surface area contributed by atoms with Crippen LogP contribution in [0.25, 0.3) is 0 Å². The van der Waals surface area contributed by atoms with Crippen LogP contribution in [0.4, 0.5) is 0 Å². The third-order valence-corrected chi connectivity index (χ3v) is 4.23. The van der Waals surface area contributed by atoms with Crippen LogP contribution in [0.3, 0.4) is 0 Å². The highest BCUT2D eigenvalue weighted by Crippen LogP contribution is 2.23. The summed E-state index contributed by atoms with van der Waals surface area (Å²) in [5, 5.41) is 9.13. The van der Waals surface area contributed by atoms with Gasteiger partial charge in [0.1, 0.15) is 0 Å². The number of aliphatic hydroxyl groups excluding tert-OH is 1. The van der Waals surface area contributed by atoms with Gasteiger partial charge >= 0.3 is 0 Å². The Morgan fingerprint density at radius 3 is 2.94 bits per heavy atom. The molecule has 1 heterocycles. The van der Waals surface area contributed by atoms with Crippen molar-refractivity contribution in [2.24, 2.45) is 5.92 Å². The number of hydrogen-bond donors (Lipinski definition) is 1. The second-order valence-corrected chi connectivity index (χ2v) is 5.65. The zero-order chi connectivity index (χ0) is 13.1. The van der Waals surface area contributed by atoms with Crippen LogP contribution in [-0.2, 0) is 0 Å². The molecule has 1 aromatic carbocycles. The monoisotopic (exact) mass is 265 g/mol. The molecule has 0 radical (unpaired) electrons. The maximum atomic E-state index is 12.4. The maximum Gasteiger partial charge on any atom is 0.254 e. The van der Waals surface area contributed by atoms with Crippen molar-refractivity contribution in [1.29, 1.82) is 0 Å². The minimum Gasteiger partial charge on any atom is -0.396 e. The van der Waals surface area contributed by atoms with E-state index in [0.717, 1.165) is 29.0 Å². The molecule has 98 valence electrons. The van der Waals surface area contributed by atoms with Crippen LogP contribution in [0, 0.1) is 12.8 Å². The fourth-order valence-corrected chi connectivity index (χ4v) is 2.73. The largest absolute Gasteiger partial charge is 0.396 e. The van der Waals surface area contributed by atoms with Gasteiger partial charge in [-0.3, -0.25) is 4.79 Å². The molecular weight excluding hydrogens is 246 g/mol. The quantitative estimate of drug-likeness (QED) is 0.852. The molecule has 0 aromatic heterocycles. The van der Waals surface area contributed by atoms with E-state index in [9.17, 15) is 4.79 Å². The number of benzene rings is 1. The first-order valence-electron chi connectivity index (χ1n) is 6.20. The lowest BCUT2D eigenvalue weighted by molar-refractivity contribution is 0.0781.